The Kier molecular flexibility index (Phi) is 7.01. The highest BCUT2D eigenvalue weighted by Gasteiger charge is 2.30. The Morgan fingerprint density at radius 3 is 2.54 bits per heavy atom. The summed E-state index contributed by atoms with van der Waals surface area (Å²) in [4.78, 5) is 12.5. The van der Waals surface area contributed by atoms with E-state index >= 15 is 0 Å². The number of aryl methyl sites for hydroxylation is 2. The molecule has 8 heteroatoms. The monoisotopic (exact) mass is 408 g/mol. The summed E-state index contributed by atoms with van der Waals surface area (Å²) >= 11 is 0. The number of nitrogens with zero attached hydrogens (tertiary/aromatic N) is 1. The van der Waals surface area contributed by atoms with Crippen LogP contribution in [0.15, 0.2) is 42.5 Å². The lowest BCUT2D eigenvalue weighted by atomic mass is 10.1. The van der Waals surface area contributed by atoms with Gasteiger partial charge in [-0.1, -0.05) is 24.3 Å². The summed E-state index contributed by atoms with van der Waals surface area (Å²) in [7, 11) is -3.87. The van der Waals surface area contributed by atoms with E-state index in [9.17, 15) is 17.6 Å². The number of hydrogen-bond donors (Lipinski definition) is 1. The second-order valence-corrected chi connectivity index (χ2v) is 8.45. The molecule has 1 unspecified atom stereocenters. The minimum atomic E-state index is -3.87. The van der Waals surface area contributed by atoms with Crippen molar-refractivity contribution < 1.29 is 22.3 Å². The Hall–Kier alpha value is -2.61. The zero-order valence-electron chi connectivity index (χ0n) is 16.4. The van der Waals surface area contributed by atoms with Crippen LogP contribution in [0.1, 0.15) is 18.1 Å². The first-order valence-electron chi connectivity index (χ1n) is 8.83. The van der Waals surface area contributed by atoms with Crippen LogP contribution >= 0.6 is 0 Å². The van der Waals surface area contributed by atoms with E-state index in [0.29, 0.717) is 0 Å². The Morgan fingerprint density at radius 1 is 1.21 bits per heavy atom. The van der Waals surface area contributed by atoms with Crippen LogP contribution in [0.2, 0.25) is 0 Å². The summed E-state index contributed by atoms with van der Waals surface area (Å²) in [5.41, 5.74) is 1.87. The minimum Gasteiger partial charge on any atom is -0.491 e. The smallest absolute Gasteiger partial charge is 0.243 e. The molecule has 0 aromatic heterocycles. The Morgan fingerprint density at radius 2 is 1.89 bits per heavy atom. The molecule has 28 heavy (non-hydrogen) atoms. The Labute approximate surface area is 165 Å². The average molecular weight is 408 g/mol. The van der Waals surface area contributed by atoms with Gasteiger partial charge in [-0.2, -0.15) is 0 Å². The standard InChI is InChI=1S/C20H25FN2O4S/c1-14-9-10-15(2)19(13-14)27-12-11-22-20(24)16(3)23(28(4,25)26)18-8-6-5-7-17(18)21/h5-10,13,16H,11-12H2,1-4H3,(H,22,24). The molecule has 0 saturated heterocycles. The van der Waals surface area contributed by atoms with Crippen LogP contribution in [0.4, 0.5) is 10.1 Å². The summed E-state index contributed by atoms with van der Waals surface area (Å²) in [6, 6.07) is 10.2. The van der Waals surface area contributed by atoms with Crippen molar-refractivity contribution in [3.8, 4) is 5.75 Å². The van der Waals surface area contributed by atoms with Gasteiger partial charge >= 0.3 is 0 Å². The summed E-state index contributed by atoms with van der Waals surface area (Å²) < 4.78 is 44.9. The number of para-hydroxylation sites is 1. The van der Waals surface area contributed by atoms with Gasteiger partial charge in [-0.15, -0.1) is 0 Å². The van der Waals surface area contributed by atoms with E-state index in [1.807, 2.05) is 32.0 Å². The number of anilines is 1. The number of carbonyl (C=O) groups excluding carboxylic acids is 1. The van der Waals surface area contributed by atoms with Crippen molar-refractivity contribution >= 4 is 21.6 Å². The molecule has 2 rings (SSSR count). The predicted octanol–water partition coefficient (Wildman–Crippen LogP) is 2.79. The number of carbonyl (C=O) groups is 1. The van der Waals surface area contributed by atoms with Crippen molar-refractivity contribution in [3.05, 3.63) is 59.4 Å². The van der Waals surface area contributed by atoms with E-state index in [1.165, 1.54) is 25.1 Å². The molecule has 2 aromatic rings. The number of hydrogen-bond acceptors (Lipinski definition) is 4. The molecule has 0 saturated carbocycles. The summed E-state index contributed by atoms with van der Waals surface area (Å²) in [6.07, 6.45) is 0.937. The first-order valence-corrected chi connectivity index (χ1v) is 10.7. The van der Waals surface area contributed by atoms with Gasteiger partial charge in [0.15, 0.2) is 0 Å². The first-order chi connectivity index (χ1) is 13.1. The van der Waals surface area contributed by atoms with Crippen molar-refractivity contribution in [3.63, 3.8) is 0 Å². The van der Waals surface area contributed by atoms with Crippen LogP contribution in [0.25, 0.3) is 0 Å². The highest BCUT2D eigenvalue weighted by molar-refractivity contribution is 7.92. The molecular weight excluding hydrogens is 383 g/mol. The van der Waals surface area contributed by atoms with Crippen LogP contribution in [-0.2, 0) is 14.8 Å². The van der Waals surface area contributed by atoms with Gasteiger partial charge < -0.3 is 10.1 Å². The van der Waals surface area contributed by atoms with Crippen LogP contribution < -0.4 is 14.4 Å². The molecule has 0 spiro atoms. The third kappa shape index (κ3) is 5.45. The van der Waals surface area contributed by atoms with Crippen LogP contribution in [0.5, 0.6) is 5.75 Å². The van der Waals surface area contributed by atoms with E-state index in [4.69, 9.17) is 4.74 Å². The summed E-state index contributed by atoms with van der Waals surface area (Å²) in [6.45, 7) is 5.70. The number of benzene rings is 2. The zero-order chi connectivity index (χ0) is 20.9. The normalized spacial score (nSPS) is 12.3. The first kappa shape index (κ1) is 21.7. The fourth-order valence-corrected chi connectivity index (χ4v) is 3.93. The van der Waals surface area contributed by atoms with Crippen molar-refractivity contribution in [2.45, 2.75) is 26.8 Å². The Balaban J connectivity index is 2.02. The molecule has 6 nitrogen and oxygen atoms in total. The SMILES string of the molecule is Cc1ccc(C)c(OCCNC(=O)C(C)N(c2ccccc2F)S(C)(=O)=O)c1. The van der Waals surface area contributed by atoms with E-state index in [2.05, 4.69) is 5.32 Å². The predicted molar refractivity (Wildman–Crippen MR) is 108 cm³/mol. The summed E-state index contributed by atoms with van der Waals surface area (Å²) in [5, 5.41) is 2.64. The molecule has 0 aliphatic rings. The molecule has 0 fully saturated rings. The van der Waals surface area contributed by atoms with Gasteiger partial charge in [-0.05, 0) is 50.1 Å². The van der Waals surface area contributed by atoms with Crippen LogP contribution in [0.3, 0.4) is 0 Å². The van der Waals surface area contributed by atoms with Gasteiger partial charge in [0.05, 0.1) is 18.5 Å². The van der Waals surface area contributed by atoms with Gasteiger partial charge in [-0.25, -0.2) is 12.8 Å². The van der Waals surface area contributed by atoms with Crippen LogP contribution in [-0.4, -0.2) is 39.8 Å². The third-order valence-electron chi connectivity index (χ3n) is 4.18. The maximum absolute atomic E-state index is 14.1. The van der Waals surface area contributed by atoms with Gasteiger partial charge in [0.2, 0.25) is 15.9 Å². The fraction of sp³-hybridized carbons (Fsp3) is 0.350. The molecule has 0 bridgehead atoms. The van der Waals surface area contributed by atoms with E-state index in [-0.39, 0.29) is 18.8 Å². The minimum absolute atomic E-state index is 0.167. The lowest BCUT2D eigenvalue weighted by Gasteiger charge is -2.28. The lowest BCUT2D eigenvalue weighted by molar-refractivity contribution is -0.121. The fourth-order valence-electron chi connectivity index (χ4n) is 2.76. The third-order valence-corrected chi connectivity index (χ3v) is 5.41. The quantitative estimate of drug-likeness (QED) is 0.682. The molecule has 0 heterocycles. The lowest BCUT2D eigenvalue weighted by Crippen LogP contribution is -2.48. The molecule has 1 N–H and O–H groups in total. The van der Waals surface area contributed by atoms with E-state index in [1.54, 1.807) is 0 Å². The maximum Gasteiger partial charge on any atom is 0.243 e. The molecule has 1 atom stereocenters. The molecule has 0 aliphatic carbocycles. The van der Waals surface area contributed by atoms with Crippen LogP contribution in [0, 0.1) is 19.7 Å². The van der Waals surface area contributed by atoms with Gasteiger partial charge in [0, 0.05) is 0 Å². The second-order valence-electron chi connectivity index (χ2n) is 6.59. The molecule has 1 amide bonds. The van der Waals surface area contributed by atoms with Gasteiger partial charge in [-0.3, -0.25) is 9.10 Å². The maximum atomic E-state index is 14.1. The van der Waals surface area contributed by atoms with Crippen molar-refractivity contribution in [2.24, 2.45) is 0 Å². The average Bonchev–Trinajstić information content (AvgIpc) is 2.62. The second kappa shape index (κ2) is 9.05. The number of ether oxygens (including phenoxy) is 1. The number of halogens is 1. The van der Waals surface area contributed by atoms with Crippen molar-refractivity contribution in [2.75, 3.05) is 23.7 Å². The highest BCUT2D eigenvalue weighted by Crippen LogP contribution is 2.24. The van der Waals surface area contributed by atoms with Crippen molar-refractivity contribution in [1.82, 2.24) is 5.32 Å². The molecule has 152 valence electrons. The van der Waals surface area contributed by atoms with Gasteiger partial charge in [0.25, 0.3) is 0 Å². The van der Waals surface area contributed by atoms with E-state index in [0.717, 1.165) is 33.5 Å². The molecular formula is C20H25FN2O4S. The zero-order valence-corrected chi connectivity index (χ0v) is 17.2. The molecule has 2 aromatic carbocycles. The van der Waals surface area contributed by atoms with Crippen molar-refractivity contribution in [1.29, 1.82) is 0 Å². The number of sulfonamides is 1. The summed E-state index contributed by atoms with van der Waals surface area (Å²) in [5.74, 6) is -0.532. The Bertz CT molecular complexity index is 947. The number of amides is 1. The number of rotatable bonds is 8. The number of nitrogens with one attached hydrogen (secondary N) is 1. The van der Waals surface area contributed by atoms with E-state index < -0.39 is 27.8 Å². The topological polar surface area (TPSA) is 75.7 Å². The largest absolute Gasteiger partial charge is 0.491 e. The molecule has 0 aliphatic heterocycles. The molecule has 0 radical (unpaired) electrons. The van der Waals surface area contributed by atoms with Gasteiger partial charge in [0.1, 0.15) is 24.2 Å². The highest BCUT2D eigenvalue weighted by atomic mass is 32.2.